The SMILES string of the molecule is Cc1c(C(C)C)cn(C)c1C(C)C.Cc1c(F)cn(C)c1C.Cc1c(F)cn(C)c1C.Cc1c(F)cn(C)c1C(C)C.Cc1cn(C)c(C)c1C.Cc1cn(C)c(C)c1C.Cc1cn(C)c(C)c1C.Cc1cn(C)c(C)c1C. The lowest BCUT2D eigenvalue weighted by Crippen LogP contribution is -1.98. The van der Waals surface area contributed by atoms with E-state index in [1.807, 2.05) is 46.5 Å². The molecule has 0 aromatic carbocycles. The van der Waals surface area contributed by atoms with Crippen LogP contribution >= 0.6 is 0 Å². The van der Waals surface area contributed by atoms with Crippen LogP contribution in [0.4, 0.5) is 13.2 Å². The van der Waals surface area contributed by atoms with Crippen molar-refractivity contribution in [3.8, 4) is 0 Å². The number of rotatable bonds is 3. The monoisotopic (exact) mass is 1080 g/mol. The Bertz CT molecular complexity index is 2620. The Balaban J connectivity index is 0.000000447. The zero-order valence-corrected chi connectivity index (χ0v) is 55.1. The first-order valence-corrected chi connectivity index (χ1v) is 27.6. The highest BCUT2D eigenvalue weighted by atomic mass is 19.1. The zero-order valence-electron chi connectivity index (χ0n) is 55.1. The van der Waals surface area contributed by atoms with Gasteiger partial charge in [0.1, 0.15) is 17.5 Å². The van der Waals surface area contributed by atoms with Gasteiger partial charge < -0.3 is 36.5 Å². The summed E-state index contributed by atoms with van der Waals surface area (Å²) >= 11 is 0. The molecule has 0 saturated carbocycles. The quantitative estimate of drug-likeness (QED) is 0.169. The van der Waals surface area contributed by atoms with Crippen LogP contribution in [-0.4, -0.2) is 36.5 Å². The van der Waals surface area contributed by atoms with Gasteiger partial charge in [-0.15, -0.1) is 0 Å². The first-order chi connectivity index (χ1) is 35.7. The first kappa shape index (κ1) is 70.0. The van der Waals surface area contributed by atoms with E-state index in [4.69, 9.17) is 0 Å². The lowest BCUT2D eigenvalue weighted by molar-refractivity contribution is 0.617. The van der Waals surface area contributed by atoms with Crippen molar-refractivity contribution in [1.82, 2.24) is 36.5 Å². The summed E-state index contributed by atoms with van der Waals surface area (Å²) < 4.78 is 54.4. The highest BCUT2D eigenvalue weighted by Crippen LogP contribution is 2.28. The second-order valence-electron chi connectivity index (χ2n) is 22.9. The smallest absolute Gasteiger partial charge is 0.144 e. The highest BCUT2D eigenvalue weighted by molar-refractivity contribution is 5.35. The van der Waals surface area contributed by atoms with E-state index in [1.54, 1.807) is 23.0 Å². The molecule has 0 atom stereocenters. The molecule has 78 heavy (non-hydrogen) atoms. The Hall–Kier alpha value is -5.97. The lowest BCUT2D eigenvalue weighted by Gasteiger charge is -2.09. The molecule has 0 saturated heterocycles. The van der Waals surface area contributed by atoms with Gasteiger partial charge in [-0.3, -0.25) is 0 Å². The molecule has 0 unspecified atom stereocenters. The number of nitrogens with zero attached hydrogens (tertiary/aromatic N) is 8. The normalized spacial score (nSPS) is 10.6. The van der Waals surface area contributed by atoms with Crippen molar-refractivity contribution in [3.05, 3.63) is 185 Å². The first-order valence-electron chi connectivity index (χ1n) is 27.6. The van der Waals surface area contributed by atoms with E-state index in [1.165, 1.54) is 103 Å². The van der Waals surface area contributed by atoms with Crippen molar-refractivity contribution in [3.63, 3.8) is 0 Å². The molecule has 11 heteroatoms. The standard InChI is InChI=1S/C12H21N.C9H14FN.4C8H13N.2C7H10FN/c1-8(2)11-7-13(6)12(9(3)4)10(11)5;1-6(2)9-7(3)8(10)5-11(9)4;4*1-6-5-9(4)8(3)7(6)2;2*1-5-6(2)9(3)4-7(5)8/h7-9H,1-6H3;5-6H,1-4H3;4*5H,1-4H3;2*4H,1-3H3. The zero-order chi connectivity index (χ0) is 60.9. The van der Waals surface area contributed by atoms with Gasteiger partial charge in [-0.25, -0.2) is 13.2 Å². The molecule has 0 radical (unpaired) electrons. The van der Waals surface area contributed by atoms with Crippen LogP contribution in [0, 0.1) is 142 Å². The average Bonchev–Trinajstić information content (AvgIpc) is 4.17. The van der Waals surface area contributed by atoms with Crippen molar-refractivity contribution in [2.75, 3.05) is 0 Å². The Morgan fingerprint density at radius 1 is 0.244 bits per heavy atom. The number of aryl methyl sites for hydroxylation is 12. The Labute approximate surface area is 472 Å². The molecule has 8 rings (SSSR count). The van der Waals surface area contributed by atoms with Gasteiger partial charge in [0.2, 0.25) is 0 Å². The number of aromatic nitrogens is 8. The summed E-state index contributed by atoms with van der Waals surface area (Å²) in [5.41, 5.74) is 26.5. The highest BCUT2D eigenvalue weighted by Gasteiger charge is 2.15. The molecule has 8 aromatic rings. The maximum Gasteiger partial charge on any atom is 0.144 e. The summed E-state index contributed by atoms with van der Waals surface area (Å²) in [5.74, 6) is 1.32. The van der Waals surface area contributed by atoms with Crippen LogP contribution in [0.25, 0.3) is 0 Å². The minimum Gasteiger partial charge on any atom is -0.354 e. The molecule has 0 fully saturated rings. The van der Waals surface area contributed by atoms with E-state index in [-0.39, 0.29) is 17.5 Å². The predicted molar refractivity (Wildman–Crippen MR) is 331 cm³/mol. The third kappa shape index (κ3) is 18.6. The fraction of sp³-hybridized carbons (Fsp3) is 0.522. The molecule has 0 amide bonds. The second-order valence-corrected chi connectivity index (χ2v) is 22.9. The van der Waals surface area contributed by atoms with Crippen molar-refractivity contribution >= 4 is 0 Å². The molecule has 8 aromatic heterocycles. The summed E-state index contributed by atoms with van der Waals surface area (Å²) in [6, 6.07) is 0. The molecule has 8 heterocycles. The number of hydrogen-bond donors (Lipinski definition) is 0. The summed E-state index contributed by atoms with van der Waals surface area (Å²) in [7, 11) is 16.0. The minimum atomic E-state index is -0.116. The van der Waals surface area contributed by atoms with Crippen molar-refractivity contribution < 1.29 is 13.2 Å². The summed E-state index contributed by atoms with van der Waals surface area (Å²) in [6.07, 6.45) is 15.4. The predicted octanol–water partition coefficient (Wildman–Crippen LogP) is 17.5. The van der Waals surface area contributed by atoms with Crippen LogP contribution in [0.2, 0.25) is 0 Å². The minimum absolute atomic E-state index is 0.101. The largest absolute Gasteiger partial charge is 0.354 e. The Morgan fingerprint density at radius 3 is 0.538 bits per heavy atom. The third-order valence-corrected chi connectivity index (χ3v) is 16.4. The van der Waals surface area contributed by atoms with Crippen LogP contribution in [0.3, 0.4) is 0 Å². The van der Waals surface area contributed by atoms with Crippen LogP contribution in [0.1, 0.15) is 177 Å². The van der Waals surface area contributed by atoms with Gasteiger partial charge in [-0.2, -0.15) is 0 Å². The fourth-order valence-corrected chi connectivity index (χ4v) is 9.51. The molecule has 0 aliphatic heterocycles. The molecule has 436 valence electrons. The van der Waals surface area contributed by atoms with E-state index in [0.29, 0.717) is 17.8 Å². The Morgan fingerprint density at radius 2 is 0.449 bits per heavy atom. The molecule has 8 nitrogen and oxygen atoms in total. The van der Waals surface area contributed by atoms with Gasteiger partial charge in [0.25, 0.3) is 0 Å². The van der Waals surface area contributed by atoms with Gasteiger partial charge in [0.15, 0.2) is 0 Å². The second kappa shape index (κ2) is 30.4. The average molecular weight is 1080 g/mol. The van der Waals surface area contributed by atoms with Crippen molar-refractivity contribution in [2.45, 2.75) is 184 Å². The summed E-state index contributed by atoms with van der Waals surface area (Å²) in [4.78, 5) is 0. The lowest BCUT2D eigenvalue weighted by atomic mass is 9.98. The molecule has 0 aliphatic rings. The number of halogens is 3. The van der Waals surface area contributed by atoms with Gasteiger partial charge in [-0.1, -0.05) is 41.5 Å². The fourth-order valence-electron chi connectivity index (χ4n) is 9.51. The molecular weight excluding hydrogens is 974 g/mol. The van der Waals surface area contributed by atoms with Crippen LogP contribution in [-0.2, 0) is 56.4 Å². The maximum atomic E-state index is 12.9. The van der Waals surface area contributed by atoms with Gasteiger partial charge in [0, 0.05) is 168 Å². The van der Waals surface area contributed by atoms with E-state index < -0.39 is 0 Å². The van der Waals surface area contributed by atoms with Crippen LogP contribution in [0.5, 0.6) is 0 Å². The molecule has 0 bridgehead atoms. The van der Waals surface area contributed by atoms with Gasteiger partial charge in [0.05, 0.1) is 0 Å². The number of hydrogen-bond acceptors (Lipinski definition) is 0. The topological polar surface area (TPSA) is 39.4 Å². The molecule has 0 N–H and O–H groups in total. The van der Waals surface area contributed by atoms with Crippen LogP contribution < -0.4 is 0 Å². The van der Waals surface area contributed by atoms with Gasteiger partial charge >= 0.3 is 0 Å². The summed E-state index contributed by atoms with van der Waals surface area (Å²) in [5, 5.41) is 0. The van der Waals surface area contributed by atoms with Gasteiger partial charge in [-0.05, 0) is 198 Å². The Kier molecular flexibility index (Phi) is 27.3. The van der Waals surface area contributed by atoms with E-state index >= 15 is 0 Å². The molecule has 0 spiro atoms. The van der Waals surface area contributed by atoms with E-state index in [2.05, 4.69) is 221 Å². The van der Waals surface area contributed by atoms with E-state index in [0.717, 1.165) is 33.8 Å². The van der Waals surface area contributed by atoms with Crippen molar-refractivity contribution in [1.29, 1.82) is 0 Å². The van der Waals surface area contributed by atoms with Crippen molar-refractivity contribution in [2.24, 2.45) is 56.4 Å². The maximum absolute atomic E-state index is 12.9. The molecular formula is C67H107F3N8. The molecule has 0 aliphatic carbocycles. The summed E-state index contributed by atoms with van der Waals surface area (Å²) in [6.45, 7) is 50.4. The third-order valence-electron chi connectivity index (χ3n) is 16.4. The van der Waals surface area contributed by atoms with E-state index in [9.17, 15) is 13.2 Å². The van der Waals surface area contributed by atoms with Crippen LogP contribution in [0.15, 0.2) is 49.6 Å².